The van der Waals surface area contributed by atoms with Gasteiger partial charge in [-0.05, 0) is 80.6 Å². The quantitative estimate of drug-likeness (QED) is 0.309. The lowest BCUT2D eigenvalue weighted by atomic mass is 9.52. The number of aryl methyl sites for hydroxylation is 2. The largest absolute Gasteiger partial charge is 0.507 e. The normalized spacial score (nSPS) is 30.1. The second-order valence-corrected chi connectivity index (χ2v) is 11.1. The summed E-state index contributed by atoms with van der Waals surface area (Å²) in [6.45, 7) is 0. The van der Waals surface area contributed by atoms with Crippen LogP contribution < -0.4 is 11.5 Å². The van der Waals surface area contributed by atoms with E-state index in [1.165, 1.54) is 11.0 Å². The van der Waals surface area contributed by atoms with E-state index in [1.54, 1.807) is 32.3 Å². The lowest BCUT2D eigenvalue weighted by molar-refractivity contribution is -0.181. The van der Waals surface area contributed by atoms with Gasteiger partial charge >= 0.3 is 0 Å². The number of rotatable bonds is 5. The number of primary amides is 1. The van der Waals surface area contributed by atoms with E-state index in [0.717, 1.165) is 11.1 Å². The molecule has 1 amide bonds. The van der Waals surface area contributed by atoms with Crippen LogP contribution in [-0.2, 0) is 38.4 Å². The number of anilines is 1. The Morgan fingerprint density at radius 2 is 1.69 bits per heavy atom. The topological polar surface area (TPSA) is 181 Å². The first-order valence-corrected chi connectivity index (χ1v) is 12.9. The summed E-state index contributed by atoms with van der Waals surface area (Å²) in [5, 5.41) is 22.3. The Bertz CT molecular complexity index is 1420. The molecule has 2 saturated carbocycles. The summed E-state index contributed by atoms with van der Waals surface area (Å²) < 4.78 is 0. The van der Waals surface area contributed by atoms with Crippen molar-refractivity contribution in [3.05, 3.63) is 58.7 Å². The van der Waals surface area contributed by atoms with Crippen LogP contribution in [0.25, 0.3) is 0 Å². The third-order valence-electron chi connectivity index (χ3n) is 8.70. The molecule has 0 saturated heterocycles. The predicted molar refractivity (Wildman–Crippen MR) is 140 cm³/mol. The summed E-state index contributed by atoms with van der Waals surface area (Å²) in [5.74, 6) is -10.4. The van der Waals surface area contributed by atoms with E-state index in [0.29, 0.717) is 24.1 Å². The fraction of sp³-hybridized carbons (Fsp3) is 0.414. The second kappa shape index (κ2) is 9.39. The van der Waals surface area contributed by atoms with Crippen LogP contribution in [0.3, 0.4) is 0 Å². The van der Waals surface area contributed by atoms with Gasteiger partial charge in [0.1, 0.15) is 5.75 Å². The van der Waals surface area contributed by atoms with Crippen LogP contribution >= 0.6 is 0 Å². The van der Waals surface area contributed by atoms with Gasteiger partial charge in [-0.1, -0.05) is 18.2 Å². The minimum absolute atomic E-state index is 0.0106. The average molecular weight is 534 g/mol. The Morgan fingerprint density at radius 1 is 1.03 bits per heavy atom. The molecule has 2 fully saturated rings. The Hall–Kier alpha value is -3.89. The summed E-state index contributed by atoms with van der Waals surface area (Å²) in [4.78, 5) is 67.7. The molecule has 5 rings (SSSR count). The summed E-state index contributed by atoms with van der Waals surface area (Å²) in [6.07, 6.45) is 1.49. The molecule has 6 atom stereocenters. The first kappa shape index (κ1) is 26.7. The molecule has 2 aromatic rings. The van der Waals surface area contributed by atoms with Crippen molar-refractivity contribution in [1.82, 2.24) is 4.90 Å². The number of phenolic OH excluding ortho intramolecular Hbond substituents is 1. The fourth-order valence-electron chi connectivity index (χ4n) is 6.87. The van der Waals surface area contributed by atoms with Crippen molar-refractivity contribution in [3.63, 3.8) is 0 Å². The SMILES string of the molecule is CN(C)[C@@H]1C(=O)C(C(N)=O)C(=O)[C@@]2(O)C(=O)C3C(=O)c4c(O)ccc(CCc5ccc(N)cc5)c4C[C@H]3C[C@@H]12. The number of carbonyl (C=O) groups is 5. The number of aromatic hydroxyl groups is 1. The van der Waals surface area contributed by atoms with Crippen molar-refractivity contribution in [1.29, 1.82) is 0 Å². The number of carbonyl (C=O) groups excluding carboxylic acids is 5. The van der Waals surface area contributed by atoms with Crippen LogP contribution in [0, 0.1) is 23.7 Å². The van der Waals surface area contributed by atoms with Crippen molar-refractivity contribution < 1.29 is 34.2 Å². The van der Waals surface area contributed by atoms with Gasteiger partial charge in [-0.3, -0.25) is 28.9 Å². The Morgan fingerprint density at radius 3 is 2.31 bits per heavy atom. The average Bonchev–Trinajstić information content (AvgIpc) is 2.86. The van der Waals surface area contributed by atoms with Gasteiger partial charge in [0.2, 0.25) is 5.91 Å². The van der Waals surface area contributed by atoms with Crippen LogP contribution in [-0.4, -0.2) is 69.9 Å². The highest BCUT2D eigenvalue weighted by atomic mass is 16.3. The van der Waals surface area contributed by atoms with Crippen LogP contribution in [0.5, 0.6) is 5.75 Å². The van der Waals surface area contributed by atoms with E-state index >= 15 is 0 Å². The Kier molecular flexibility index (Phi) is 6.43. The van der Waals surface area contributed by atoms with Crippen molar-refractivity contribution in [2.75, 3.05) is 19.8 Å². The van der Waals surface area contributed by atoms with Crippen molar-refractivity contribution in [3.8, 4) is 5.75 Å². The fourth-order valence-corrected chi connectivity index (χ4v) is 6.87. The molecule has 0 radical (unpaired) electrons. The molecule has 0 bridgehead atoms. The highest BCUT2D eigenvalue weighted by Crippen LogP contribution is 2.51. The molecule has 3 aliphatic rings. The zero-order valence-electron chi connectivity index (χ0n) is 21.7. The van der Waals surface area contributed by atoms with Crippen LogP contribution in [0.2, 0.25) is 0 Å². The molecule has 39 heavy (non-hydrogen) atoms. The number of hydrogen-bond donors (Lipinski definition) is 4. The Balaban J connectivity index is 1.55. The standard InChI is InChI=1S/C29H31N3O7/c1-32(2)23-18-12-15-11-17-14(6-3-13-4-8-16(30)9-5-13)7-10-19(33)21(17)24(34)20(15)26(36)29(18,39)27(37)22(25(23)35)28(31)38/h4-5,7-10,15,18,20,22-23,33,39H,3,6,11-12,30H2,1-2H3,(H2,31,38)/t15-,18-,20?,22?,23-,29-/m0/s1. The maximum atomic E-state index is 13.9. The van der Waals surface area contributed by atoms with E-state index in [1.807, 2.05) is 12.1 Å². The van der Waals surface area contributed by atoms with Gasteiger partial charge in [-0.25, -0.2) is 0 Å². The highest BCUT2D eigenvalue weighted by Gasteiger charge is 2.69. The summed E-state index contributed by atoms with van der Waals surface area (Å²) in [6, 6.07) is 9.50. The van der Waals surface area contributed by atoms with Crippen LogP contribution in [0.1, 0.15) is 33.5 Å². The van der Waals surface area contributed by atoms with Gasteiger partial charge in [-0.15, -0.1) is 0 Å². The van der Waals surface area contributed by atoms with Crippen LogP contribution in [0.15, 0.2) is 36.4 Å². The number of nitrogens with two attached hydrogens (primary N) is 2. The molecule has 6 N–H and O–H groups in total. The molecule has 10 nitrogen and oxygen atoms in total. The molecule has 0 spiro atoms. The zero-order chi connectivity index (χ0) is 28.4. The van der Waals surface area contributed by atoms with E-state index in [2.05, 4.69) is 0 Å². The minimum atomic E-state index is -2.72. The van der Waals surface area contributed by atoms with Gasteiger partial charge in [0, 0.05) is 11.6 Å². The maximum absolute atomic E-state index is 13.9. The summed E-state index contributed by atoms with van der Waals surface area (Å²) >= 11 is 0. The number of amides is 1. The number of nitrogens with zero attached hydrogens (tertiary/aromatic N) is 1. The molecular formula is C29H31N3O7. The third-order valence-corrected chi connectivity index (χ3v) is 8.70. The minimum Gasteiger partial charge on any atom is -0.507 e. The van der Waals surface area contributed by atoms with E-state index in [-0.39, 0.29) is 24.2 Å². The number of benzene rings is 2. The van der Waals surface area contributed by atoms with E-state index in [9.17, 15) is 34.2 Å². The van der Waals surface area contributed by atoms with Gasteiger partial charge in [0.25, 0.3) is 0 Å². The monoisotopic (exact) mass is 533 g/mol. The number of ketones is 4. The molecule has 0 aliphatic heterocycles. The Labute approximate surface area is 225 Å². The van der Waals surface area contributed by atoms with Crippen molar-refractivity contribution >= 4 is 34.7 Å². The molecule has 2 aromatic carbocycles. The van der Waals surface area contributed by atoms with Crippen molar-refractivity contribution in [2.24, 2.45) is 29.4 Å². The number of hydrogen-bond acceptors (Lipinski definition) is 9. The number of nitrogen functional groups attached to an aromatic ring is 1. The van der Waals surface area contributed by atoms with Gasteiger partial charge in [-0.2, -0.15) is 0 Å². The van der Waals surface area contributed by atoms with E-state index in [4.69, 9.17) is 11.5 Å². The lowest BCUT2D eigenvalue weighted by Crippen LogP contribution is -2.74. The molecule has 3 aliphatic carbocycles. The molecule has 10 heteroatoms. The number of likely N-dealkylation sites (N-methyl/N-ethyl adjacent to an activating group) is 1. The van der Waals surface area contributed by atoms with Crippen LogP contribution in [0.4, 0.5) is 5.69 Å². The highest BCUT2D eigenvalue weighted by molar-refractivity contribution is 6.32. The molecular weight excluding hydrogens is 502 g/mol. The predicted octanol–water partition coefficient (Wildman–Crippen LogP) is 0.234. The molecule has 0 aromatic heterocycles. The third kappa shape index (κ3) is 3.97. The molecule has 0 heterocycles. The summed E-state index contributed by atoms with van der Waals surface area (Å²) in [5.41, 5.74) is 11.6. The zero-order valence-corrected chi connectivity index (χ0v) is 21.7. The molecule has 2 unspecified atom stereocenters. The van der Waals surface area contributed by atoms with Crippen molar-refractivity contribution in [2.45, 2.75) is 37.3 Å². The number of Topliss-reactive ketones (excluding diaryl/α,β-unsaturated/α-hetero) is 4. The van der Waals surface area contributed by atoms with Gasteiger partial charge in [0.05, 0.1) is 17.5 Å². The number of aliphatic hydroxyl groups is 1. The maximum Gasteiger partial charge on any atom is 0.235 e. The molecule has 204 valence electrons. The smallest absolute Gasteiger partial charge is 0.235 e. The lowest BCUT2D eigenvalue weighted by Gasteiger charge is -2.52. The first-order valence-electron chi connectivity index (χ1n) is 12.9. The first-order chi connectivity index (χ1) is 18.4. The second-order valence-electron chi connectivity index (χ2n) is 11.1. The van der Waals surface area contributed by atoms with Gasteiger partial charge < -0.3 is 21.7 Å². The summed E-state index contributed by atoms with van der Waals surface area (Å²) in [7, 11) is 3.12. The van der Waals surface area contributed by atoms with Gasteiger partial charge in [0.15, 0.2) is 34.7 Å². The number of fused-ring (bicyclic) bond motifs is 3. The number of phenols is 1. The van der Waals surface area contributed by atoms with E-state index < -0.39 is 64.4 Å².